The lowest BCUT2D eigenvalue weighted by molar-refractivity contribution is -0.137. The summed E-state index contributed by atoms with van der Waals surface area (Å²) in [5.74, 6) is -0.392. The van der Waals surface area contributed by atoms with Crippen LogP contribution in [0.15, 0.2) is 41.5 Å². The fourth-order valence-electron chi connectivity index (χ4n) is 4.82. The van der Waals surface area contributed by atoms with Gasteiger partial charge in [-0.05, 0) is 63.1 Å². The van der Waals surface area contributed by atoms with E-state index in [4.69, 9.17) is 18.0 Å². The first-order valence-electron chi connectivity index (χ1n) is 12.0. The highest BCUT2D eigenvalue weighted by atomic mass is 32.1. The number of nitrogens with one attached hydrogen (secondary N) is 1. The molecule has 2 heterocycles. The summed E-state index contributed by atoms with van der Waals surface area (Å²) in [5, 5.41) is 4.05. The van der Waals surface area contributed by atoms with Gasteiger partial charge in [0.25, 0.3) is 0 Å². The lowest BCUT2D eigenvalue weighted by Gasteiger charge is -2.38. The molecule has 2 aromatic rings. The van der Waals surface area contributed by atoms with Gasteiger partial charge in [0, 0.05) is 62.2 Å². The second-order valence-corrected chi connectivity index (χ2v) is 9.91. The number of likely N-dealkylation sites (N-methyl/N-ethyl adjacent to an activating group) is 1. The Morgan fingerprint density at radius 2 is 1.76 bits per heavy atom. The molecular weight excluding hydrogens is 506 g/mol. The van der Waals surface area contributed by atoms with Gasteiger partial charge in [0.15, 0.2) is 5.11 Å². The Kier molecular flexibility index (Phi) is 8.08. The number of hydrazone groups is 1. The summed E-state index contributed by atoms with van der Waals surface area (Å²) in [4.78, 5) is 8.24. The van der Waals surface area contributed by atoms with Crippen molar-refractivity contribution in [1.82, 2.24) is 10.3 Å². The van der Waals surface area contributed by atoms with Crippen LogP contribution < -0.4 is 25.9 Å². The first kappa shape index (κ1) is 26.9. The lowest BCUT2D eigenvalue weighted by Crippen LogP contribution is -2.47. The van der Waals surface area contributed by atoms with E-state index in [1.165, 1.54) is 18.3 Å². The summed E-state index contributed by atoms with van der Waals surface area (Å²) in [7, 11) is 4.09. The summed E-state index contributed by atoms with van der Waals surface area (Å²) in [6, 6.07) is 9.00. The van der Waals surface area contributed by atoms with Crippen LogP contribution in [0.25, 0.3) is 0 Å². The second kappa shape index (κ2) is 11.1. The lowest BCUT2D eigenvalue weighted by atomic mass is 10.1. The van der Waals surface area contributed by atoms with Gasteiger partial charge in [0.05, 0.1) is 17.5 Å². The number of benzene rings is 2. The molecule has 1 atom stereocenters. The number of anilines is 3. The van der Waals surface area contributed by atoms with Gasteiger partial charge in [-0.15, -0.1) is 0 Å². The van der Waals surface area contributed by atoms with Crippen molar-refractivity contribution in [1.29, 1.82) is 0 Å². The molecule has 0 bridgehead atoms. The molecule has 0 amide bonds. The van der Waals surface area contributed by atoms with Crippen molar-refractivity contribution in [3.8, 4) is 0 Å². The summed E-state index contributed by atoms with van der Waals surface area (Å²) >= 11 is 4.79. The van der Waals surface area contributed by atoms with E-state index in [0.717, 1.165) is 37.3 Å². The molecule has 0 aliphatic carbocycles. The third kappa shape index (κ3) is 6.42. The predicted octanol–water partition coefficient (Wildman–Crippen LogP) is 3.48. The molecule has 7 nitrogen and oxygen atoms in total. The Hall–Kier alpha value is -3.12. The number of hydrogen-bond donors (Lipinski definition) is 2. The summed E-state index contributed by atoms with van der Waals surface area (Å²) in [6.07, 6.45) is -1.90. The van der Waals surface area contributed by atoms with Gasteiger partial charge in [0.1, 0.15) is 5.82 Å². The highest BCUT2D eigenvalue weighted by Gasteiger charge is 2.32. The van der Waals surface area contributed by atoms with Crippen molar-refractivity contribution in [2.45, 2.75) is 18.6 Å². The number of halogens is 4. The highest BCUT2D eigenvalue weighted by Crippen LogP contribution is 2.34. The van der Waals surface area contributed by atoms with Crippen molar-refractivity contribution in [3.05, 3.63) is 53.3 Å². The fourth-order valence-corrected chi connectivity index (χ4v) is 4.87. The number of nitrogens with zero attached hydrogens (tertiary/aromatic N) is 5. The molecule has 37 heavy (non-hydrogen) atoms. The Morgan fingerprint density at radius 3 is 2.38 bits per heavy atom. The van der Waals surface area contributed by atoms with Crippen LogP contribution in [0.3, 0.4) is 0 Å². The van der Waals surface area contributed by atoms with E-state index in [2.05, 4.69) is 20.3 Å². The van der Waals surface area contributed by atoms with Crippen LogP contribution in [-0.2, 0) is 6.18 Å². The molecular formula is C25H31F4N7S. The quantitative estimate of drug-likeness (QED) is 0.253. The third-order valence-corrected chi connectivity index (χ3v) is 6.96. The molecule has 2 fully saturated rings. The van der Waals surface area contributed by atoms with E-state index in [9.17, 15) is 13.2 Å². The van der Waals surface area contributed by atoms with Crippen LogP contribution in [0, 0.1) is 5.82 Å². The highest BCUT2D eigenvalue weighted by molar-refractivity contribution is 7.80. The van der Waals surface area contributed by atoms with Gasteiger partial charge in [-0.2, -0.15) is 18.3 Å². The number of thiocarbonyl (C=S) groups is 1. The fraction of sp³-hybridized carbons (Fsp3) is 0.440. The summed E-state index contributed by atoms with van der Waals surface area (Å²) in [5.41, 5.74) is 9.73. The topological polar surface area (TPSA) is 63.4 Å². The molecule has 2 aromatic carbocycles. The van der Waals surface area contributed by atoms with Crippen LogP contribution in [0.4, 0.5) is 34.6 Å². The molecule has 0 spiro atoms. The number of nitrogens with two attached hydrogens (primary N) is 1. The molecule has 0 aromatic heterocycles. The first-order chi connectivity index (χ1) is 17.5. The zero-order chi connectivity index (χ0) is 26.7. The molecule has 2 aliphatic rings. The molecule has 0 radical (unpaired) electrons. The Morgan fingerprint density at radius 1 is 1.05 bits per heavy atom. The maximum absolute atomic E-state index is 15.4. The smallest absolute Gasteiger partial charge is 0.375 e. The van der Waals surface area contributed by atoms with E-state index in [1.807, 2.05) is 30.0 Å². The van der Waals surface area contributed by atoms with Crippen LogP contribution in [0.5, 0.6) is 0 Å². The summed E-state index contributed by atoms with van der Waals surface area (Å²) < 4.78 is 54.8. The Balaban J connectivity index is 1.55. The SMILES string of the molecule is CN(C)C1CCN(c2cc(N3CCN(c4cccc(C(F)(F)F)c4)CC3)c(F)cc2C=NNC(N)=S)C1. The van der Waals surface area contributed by atoms with Crippen molar-refractivity contribution >= 4 is 40.6 Å². The van der Waals surface area contributed by atoms with Crippen molar-refractivity contribution in [3.63, 3.8) is 0 Å². The van der Waals surface area contributed by atoms with Crippen molar-refractivity contribution < 1.29 is 17.6 Å². The number of hydrogen-bond acceptors (Lipinski definition) is 6. The maximum atomic E-state index is 15.4. The summed E-state index contributed by atoms with van der Waals surface area (Å²) in [6.45, 7) is 3.52. The van der Waals surface area contributed by atoms with E-state index >= 15 is 4.39 Å². The zero-order valence-corrected chi connectivity index (χ0v) is 21.6. The standard InChI is InChI=1S/C25H31F4N7S/c1-33(2)20-6-7-36(16-20)22-14-23(21(26)12-17(22)15-31-32-24(30)37)35-10-8-34(9-11-35)19-5-3-4-18(13-19)25(27,28)29/h3-5,12-15,20H,6-11,16H2,1-2H3,(H3,30,32,37). The van der Waals surface area contributed by atoms with E-state index in [-0.39, 0.29) is 5.11 Å². The van der Waals surface area contributed by atoms with Crippen LogP contribution >= 0.6 is 12.2 Å². The molecule has 3 N–H and O–H groups in total. The minimum atomic E-state index is -4.39. The van der Waals surface area contributed by atoms with E-state index in [1.54, 1.807) is 6.07 Å². The van der Waals surface area contributed by atoms with Gasteiger partial charge in [0.2, 0.25) is 0 Å². The Bertz CT molecular complexity index is 1150. The molecule has 2 aliphatic heterocycles. The van der Waals surface area contributed by atoms with Crippen molar-refractivity contribution in [2.24, 2.45) is 10.8 Å². The largest absolute Gasteiger partial charge is 0.416 e. The number of piperazine rings is 1. The minimum absolute atomic E-state index is 0.0161. The zero-order valence-electron chi connectivity index (χ0n) is 20.8. The molecule has 0 saturated carbocycles. The van der Waals surface area contributed by atoms with Crippen LogP contribution in [-0.4, -0.2) is 75.6 Å². The van der Waals surface area contributed by atoms with Gasteiger partial charge < -0.3 is 25.3 Å². The molecule has 12 heteroatoms. The van der Waals surface area contributed by atoms with Gasteiger partial charge in [-0.3, -0.25) is 5.43 Å². The van der Waals surface area contributed by atoms with Crippen LogP contribution in [0.2, 0.25) is 0 Å². The van der Waals surface area contributed by atoms with E-state index in [0.29, 0.717) is 49.2 Å². The monoisotopic (exact) mass is 537 g/mol. The second-order valence-electron chi connectivity index (χ2n) is 9.47. The van der Waals surface area contributed by atoms with E-state index < -0.39 is 17.6 Å². The predicted molar refractivity (Wildman–Crippen MR) is 144 cm³/mol. The average molecular weight is 538 g/mol. The third-order valence-electron chi connectivity index (χ3n) is 6.87. The molecule has 2 saturated heterocycles. The van der Waals surface area contributed by atoms with Gasteiger partial charge in [-0.1, -0.05) is 6.07 Å². The molecule has 1 unspecified atom stereocenters. The van der Waals surface area contributed by atoms with Gasteiger partial charge in [-0.25, -0.2) is 4.39 Å². The van der Waals surface area contributed by atoms with Gasteiger partial charge >= 0.3 is 6.18 Å². The maximum Gasteiger partial charge on any atom is 0.416 e. The Labute approximate surface area is 219 Å². The minimum Gasteiger partial charge on any atom is -0.375 e. The number of alkyl halides is 3. The molecule has 200 valence electrons. The first-order valence-corrected chi connectivity index (χ1v) is 12.4. The molecule has 4 rings (SSSR count). The normalized spacial score (nSPS) is 18.8. The van der Waals surface area contributed by atoms with Crippen molar-refractivity contribution in [2.75, 3.05) is 68.1 Å². The average Bonchev–Trinajstić information content (AvgIpc) is 3.34. The van der Waals surface area contributed by atoms with Crippen LogP contribution in [0.1, 0.15) is 17.5 Å². The number of rotatable bonds is 6.